The third-order valence-corrected chi connectivity index (χ3v) is 3.16. The van der Waals surface area contributed by atoms with E-state index in [9.17, 15) is 5.11 Å². The highest BCUT2D eigenvalue weighted by atomic mass is 16.5. The summed E-state index contributed by atoms with van der Waals surface area (Å²) in [5, 5.41) is 13.8. The molecule has 1 atom stereocenters. The number of aliphatic hydroxyl groups is 1. The Morgan fingerprint density at radius 1 is 1.24 bits per heavy atom. The van der Waals surface area contributed by atoms with E-state index >= 15 is 0 Å². The summed E-state index contributed by atoms with van der Waals surface area (Å²) >= 11 is 0. The zero-order valence-corrected chi connectivity index (χ0v) is 12.8. The molecule has 0 aliphatic heterocycles. The molecule has 114 valence electrons. The lowest BCUT2D eigenvalue weighted by Gasteiger charge is -2.14. The van der Waals surface area contributed by atoms with Gasteiger partial charge in [-0.2, -0.15) is 5.10 Å². The predicted octanol–water partition coefficient (Wildman–Crippen LogP) is 2.50. The molecule has 0 spiro atoms. The average Bonchev–Trinajstić information content (AvgIpc) is 2.93. The Morgan fingerprint density at radius 3 is 2.62 bits per heavy atom. The summed E-state index contributed by atoms with van der Waals surface area (Å²) in [6, 6.07) is 5.60. The third kappa shape index (κ3) is 3.52. The van der Waals surface area contributed by atoms with Crippen molar-refractivity contribution in [3.05, 3.63) is 35.9 Å². The van der Waals surface area contributed by atoms with E-state index in [-0.39, 0.29) is 6.04 Å². The Morgan fingerprint density at radius 2 is 2.00 bits per heavy atom. The number of rotatable bonds is 6. The van der Waals surface area contributed by atoms with E-state index in [0.29, 0.717) is 18.1 Å². The zero-order valence-electron chi connectivity index (χ0n) is 12.8. The van der Waals surface area contributed by atoms with E-state index in [1.165, 1.54) is 6.33 Å². The van der Waals surface area contributed by atoms with E-state index < -0.39 is 6.10 Å². The molecule has 0 saturated carbocycles. The summed E-state index contributed by atoms with van der Waals surface area (Å²) in [6.45, 7) is 6.09. The summed E-state index contributed by atoms with van der Waals surface area (Å²) in [6.07, 6.45) is 0.976. The first-order chi connectivity index (χ1) is 10.0. The maximum atomic E-state index is 9.59. The van der Waals surface area contributed by atoms with Crippen LogP contribution in [-0.2, 0) is 6.61 Å². The second-order valence-electron chi connectivity index (χ2n) is 5.09. The van der Waals surface area contributed by atoms with E-state index in [0.717, 1.165) is 11.4 Å². The van der Waals surface area contributed by atoms with Crippen LogP contribution in [0.4, 0.5) is 0 Å². The minimum Gasteiger partial charge on any atom is -0.493 e. The molecule has 1 N–H and O–H groups in total. The van der Waals surface area contributed by atoms with Crippen LogP contribution in [0.1, 0.15) is 44.3 Å². The van der Waals surface area contributed by atoms with Crippen molar-refractivity contribution in [1.82, 2.24) is 14.8 Å². The number of aromatic nitrogens is 3. The topological polar surface area (TPSA) is 69.4 Å². The van der Waals surface area contributed by atoms with Crippen LogP contribution in [0.5, 0.6) is 11.5 Å². The van der Waals surface area contributed by atoms with Gasteiger partial charge in [-0.3, -0.25) is 0 Å². The highest BCUT2D eigenvalue weighted by Crippen LogP contribution is 2.30. The maximum Gasteiger partial charge on any atom is 0.165 e. The molecule has 21 heavy (non-hydrogen) atoms. The van der Waals surface area contributed by atoms with Crippen molar-refractivity contribution in [3.63, 3.8) is 0 Å². The lowest BCUT2D eigenvalue weighted by molar-refractivity contribution is 0.198. The van der Waals surface area contributed by atoms with E-state index in [2.05, 4.69) is 10.1 Å². The van der Waals surface area contributed by atoms with Gasteiger partial charge in [0.1, 0.15) is 12.9 Å². The van der Waals surface area contributed by atoms with Crippen LogP contribution in [0.2, 0.25) is 0 Å². The number of benzene rings is 1. The van der Waals surface area contributed by atoms with Gasteiger partial charge >= 0.3 is 0 Å². The Bertz CT molecular complexity index is 594. The largest absolute Gasteiger partial charge is 0.493 e. The maximum absolute atomic E-state index is 9.59. The standard InChI is InChI=1S/C15H21N3O3/c1-10(2)18-15(16-9-17-18)8-21-13-6-5-12(11(3)19)7-14(13)20-4/h5-7,9-11,19H,8H2,1-4H3. The molecule has 0 radical (unpaired) electrons. The molecule has 1 heterocycles. The first kappa shape index (κ1) is 15.3. The molecule has 0 aliphatic carbocycles. The SMILES string of the molecule is COc1cc(C(C)O)ccc1OCc1ncnn1C(C)C. The van der Waals surface area contributed by atoms with Crippen LogP contribution in [-0.4, -0.2) is 27.0 Å². The van der Waals surface area contributed by atoms with Gasteiger partial charge < -0.3 is 14.6 Å². The van der Waals surface area contributed by atoms with Gasteiger partial charge in [-0.25, -0.2) is 9.67 Å². The van der Waals surface area contributed by atoms with Gasteiger partial charge in [0.05, 0.1) is 13.2 Å². The molecule has 1 aromatic carbocycles. The Labute approximate surface area is 124 Å². The van der Waals surface area contributed by atoms with Crippen LogP contribution in [0, 0.1) is 0 Å². The fourth-order valence-corrected chi connectivity index (χ4v) is 2.01. The normalized spacial score (nSPS) is 12.5. The molecule has 0 bridgehead atoms. The zero-order chi connectivity index (χ0) is 15.4. The smallest absolute Gasteiger partial charge is 0.165 e. The van der Waals surface area contributed by atoms with Crippen molar-refractivity contribution in [2.75, 3.05) is 7.11 Å². The third-order valence-electron chi connectivity index (χ3n) is 3.16. The van der Waals surface area contributed by atoms with Crippen LogP contribution in [0.15, 0.2) is 24.5 Å². The highest BCUT2D eigenvalue weighted by Gasteiger charge is 2.12. The summed E-state index contributed by atoms with van der Waals surface area (Å²) in [7, 11) is 1.57. The van der Waals surface area contributed by atoms with Crippen molar-refractivity contribution in [3.8, 4) is 11.5 Å². The number of hydrogen-bond acceptors (Lipinski definition) is 5. The number of ether oxygens (including phenoxy) is 2. The first-order valence-electron chi connectivity index (χ1n) is 6.90. The van der Waals surface area contributed by atoms with Gasteiger partial charge in [0.25, 0.3) is 0 Å². The Balaban J connectivity index is 2.14. The quantitative estimate of drug-likeness (QED) is 0.885. The van der Waals surface area contributed by atoms with Crippen molar-refractivity contribution in [2.24, 2.45) is 0 Å². The summed E-state index contributed by atoms with van der Waals surface area (Å²) in [5.74, 6) is 1.95. The van der Waals surface area contributed by atoms with Crippen LogP contribution in [0.3, 0.4) is 0 Å². The summed E-state index contributed by atoms with van der Waals surface area (Å²) < 4.78 is 12.9. The molecule has 2 rings (SSSR count). The van der Waals surface area contributed by atoms with Gasteiger partial charge in [-0.15, -0.1) is 0 Å². The van der Waals surface area contributed by atoms with Crippen molar-refractivity contribution < 1.29 is 14.6 Å². The molecule has 0 amide bonds. The molecular weight excluding hydrogens is 270 g/mol. The molecule has 0 aliphatic rings. The van der Waals surface area contributed by atoms with Crippen molar-refractivity contribution in [2.45, 2.75) is 39.5 Å². The van der Waals surface area contributed by atoms with Gasteiger partial charge in [0.2, 0.25) is 0 Å². The monoisotopic (exact) mass is 291 g/mol. The fourth-order valence-electron chi connectivity index (χ4n) is 2.01. The predicted molar refractivity (Wildman–Crippen MR) is 78.4 cm³/mol. The van der Waals surface area contributed by atoms with E-state index in [4.69, 9.17) is 9.47 Å². The molecule has 0 saturated heterocycles. The van der Waals surface area contributed by atoms with E-state index in [1.54, 1.807) is 26.2 Å². The number of aliphatic hydroxyl groups excluding tert-OH is 1. The molecule has 6 heteroatoms. The Hall–Kier alpha value is -2.08. The minimum absolute atomic E-state index is 0.227. The minimum atomic E-state index is -0.544. The number of hydrogen-bond donors (Lipinski definition) is 1. The summed E-state index contributed by atoms with van der Waals surface area (Å²) in [5.41, 5.74) is 0.782. The van der Waals surface area contributed by atoms with Gasteiger partial charge in [0, 0.05) is 6.04 Å². The van der Waals surface area contributed by atoms with Gasteiger partial charge in [0.15, 0.2) is 17.3 Å². The lowest BCUT2D eigenvalue weighted by Crippen LogP contribution is -2.11. The van der Waals surface area contributed by atoms with Crippen LogP contribution in [0.25, 0.3) is 0 Å². The number of methoxy groups -OCH3 is 1. The fraction of sp³-hybridized carbons (Fsp3) is 0.467. The van der Waals surface area contributed by atoms with Crippen LogP contribution >= 0.6 is 0 Å². The molecule has 2 aromatic rings. The van der Waals surface area contributed by atoms with Crippen molar-refractivity contribution >= 4 is 0 Å². The summed E-state index contributed by atoms with van der Waals surface area (Å²) in [4.78, 5) is 4.20. The molecule has 6 nitrogen and oxygen atoms in total. The molecular formula is C15H21N3O3. The molecule has 0 fully saturated rings. The van der Waals surface area contributed by atoms with Gasteiger partial charge in [-0.05, 0) is 38.5 Å². The number of nitrogens with zero attached hydrogens (tertiary/aromatic N) is 3. The average molecular weight is 291 g/mol. The van der Waals surface area contributed by atoms with E-state index in [1.807, 2.05) is 24.6 Å². The first-order valence-corrected chi connectivity index (χ1v) is 6.90. The highest BCUT2D eigenvalue weighted by molar-refractivity contribution is 5.43. The lowest BCUT2D eigenvalue weighted by atomic mass is 10.1. The van der Waals surface area contributed by atoms with Gasteiger partial charge in [-0.1, -0.05) is 6.07 Å². The second-order valence-corrected chi connectivity index (χ2v) is 5.09. The Kier molecular flexibility index (Phi) is 4.80. The molecule has 1 aromatic heterocycles. The van der Waals surface area contributed by atoms with Crippen LogP contribution < -0.4 is 9.47 Å². The second kappa shape index (κ2) is 6.58. The van der Waals surface area contributed by atoms with Crippen molar-refractivity contribution in [1.29, 1.82) is 0 Å². The molecule has 1 unspecified atom stereocenters.